The molecule has 1 aromatic heterocycles. The molecule has 0 saturated carbocycles. The van der Waals surface area contributed by atoms with E-state index in [0.717, 1.165) is 49.2 Å². The maximum absolute atomic E-state index is 13.1. The Balaban J connectivity index is 1.44. The SMILES string of the molecule is CCn1nc(C(=O)N[C@@H]2CN3CCC2CC3)c2ccc(N3CCCC3=O)cc21. The average Bonchev–Trinajstić information content (AvgIpc) is 3.31. The van der Waals surface area contributed by atoms with Crippen LogP contribution in [0.5, 0.6) is 0 Å². The van der Waals surface area contributed by atoms with Crippen LogP contribution in [0.1, 0.15) is 43.1 Å². The minimum absolute atomic E-state index is 0.0825. The van der Waals surface area contributed by atoms with Crippen LogP contribution in [0.2, 0.25) is 0 Å². The van der Waals surface area contributed by atoms with Crippen molar-refractivity contribution < 1.29 is 9.59 Å². The quantitative estimate of drug-likeness (QED) is 0.880. The molecule has 4 saturated heterocycles. The number of benzene rings is 1. The molecule has 4 aliphatic rings. The topological polar surface area (TPSA) is 70.5 Å². The summed E-state index contributed by atoms with van der Waals surface area (Å²) in [6, 6.07) is 6.11. The molecule has 2 amide bonds. The number of rotatable bonds is 4. The lowest BCUT2D eigenvalue weighted by Crippen LogP contribution is -2.57. The molecule has 0 unspecified atom stereocenters. The number of anilines is 1. The van der Waals surface area contributed by atoms with Crippen LogP contribution in [0.15, 0.2) is 18.2 Å². The molecule has 7 heteroatoms. The number of nitrogens with one attached hydrogen (secondary N) is 1. The normalized spacial score (nSPS) is 27.0. The van der Waals surface area contributed by atoms with Crippen molar-refractivity contribution >= 4 is 28.4 Å². The zero-order valence-corrected chi connectivity index (χ0v) is 16.4. The molecule has 2 bridgehead atoms. The maximum Gasteiger partial charge on any atom is 0.272 e. The van der Waals surface area contributed by atoms with Crippen LogP contribution >= 0.6 is 0 Å². The molecule has 1 N–H and O–H groups in total. The van der Waals surface area contributed by atoms with Crippen LogP contribution in [0.25, 0.3) is 10.9 Å². The second-order valence-corrected chi connectivity index (χ2v) is 8.23. The van der Waals surface area contributed by atoms with Gasteiger partial charge in [-0.1, -0.05) is 0 Å². The van der Waals surface area contributed by atoms with E-state index in [-0.39, 0.29) is 17.9 Å². The fourth-order valence-electron chi connectivity index (χ4n) is 5.03. The van der Waals surface area contributed by atoms with Gasteiger partial charge in [0.1, 0.15) is 0 Å². The summed E-state index contributed by atoms with van der Waals surface area (Å²) in [7, 11) is 0. The Hall–Kier alpha value is -2.41. The number of carbonyl (C=O) groups excluding carboxylic acids is 2. The summed E-state index contributed by atoms with van der Waals surface area (Å²) >= 11 is 0. The third-order valence-corrected chi connectivity index (χ3v) is 6.61. The van der Waals surface area contributed by atoms with Crippen molar-refractivity contribution in [1.82, 2.24) is 20.0 Å². The van der Waals surface area contributed by atoms with E-state index in [2.05, 4.69) is 15.3 Å². The third kappa shape index (κ3) is 2.89. The van der Waals surface area contributed by atoms with Gasteiger partial charge in [-0.2, -0.15) is 5.10 Å². The van der Waals surface area contributed by atoms with E-state index in [1.54, 1.807) is 0 Å². The van der Waals surface area contributed by atoms with Crippen molar-refractivity contribution in [1.29, 1.82) is 0 Å². The van der Waals surface area contributed by atoms with E-state index in [1.807, 2.05) is 34.7 Å². The number of carbonyl (C=O) groups is 2. The molecule has 5 heterocycles. The van der Waals surface area contributed by atoms with Crippen molar-refractivity contribution in [3.8, 4) is 0 Å². The molecule has 28 heavy (non-hydrogen) atoms. The summed E-state index contributed by atoms with van der Waals surface area (Å²) in [6.07, 6.45) is 3.85. The Bertz CT molecular complexity index is 928. The lowest BCUT2D eigenvalue weighted by molar-refractivity contribution is -0.117. The Kier molecular flexibility index (Phi) is 4.34. The van der Waals surface area contributed by atoms with Crippen molar-refractivity contribution in [2.45, 2.75) is 45.2 Å². The van der Waals surface area contributed by atoms with Crippen LogP contribution in [0, 0.1) is 5.92 Å². The highest BCUT2D eigenvalue weighted by molar-refractivity contribution is 6.06. The van der Waals surface area contributed by atoms with Gasteiger partial charge in [0.05, 0.1) is 5.52 Å². The highest BCUT2D eigenvalue weighted by Gasteiger charge is 2.35. The third-order valence-electron chi connectivity index (χ3n) is 6.61. The first-order valence-electron chi connectivity index (χ1n) is 10.5. The van der Waals surface area contributed by atoms with Crippen molar-refractivity contribution in [2.75, 3.05) is 31.1 Å². The van der Waals surface area contributed by atoms with E-state index in [0.29, 0.717) is 24.6 Å². The van der Waals surface area contributed by atoms with Gasteiger partial charge in [-0.25, -0.2) is 0 Å². The fraction of sp³-hybridized carbons (Fsp3) is 0.571. The zero-order chi connectivity index (χ0) is 19.3. The van der Waals surface area contributed by atoms with Gasteiger partial charge in [-0.3, -0.25) is 14.3 Å². The predicted molar refractivity (Wildman–Crippen MR) is 107 cm³/mol. The Morgan fingerprint density at radius 2 is 2.07 bits per heavy atom. The number of hydrogen-bond donors (Lipinski definition) is 1. The standard InChI is InChI=1S/C21H27N5O2/c1-2-26-18-12-15(25-9-3-4-19(25)27)5-6-16(18)20(23-26)21(28)22-17-13-24-10-7-14(17)8-11-24/h5-6,12,14,17H,2-4,7-11,13H2,1H3,(H,22,28)/t17-/m1/s1. The van der Waals surface area contributed by atoms with E-state index in [1.165, 1.54) is 12.8 Å². The molecule has 4 fully saturated rings. The molecular formula is C21H27N5O2. The summed E-state index contributed by atoms with van der Waals surface area (Å²) < 4.78 is 1.87. The summed E-state index contributed by atoms with van der Waals surface area (Å²) in [5.41, 5.74) is 2.31. The van der Waals surface area contributed by atoms with Crippen molar-refractivity contribution in [3.63, 3.8) is 0 Å². The van der Waals surface area contributed by atoms with Crippen LogP contribution in [0.4, 0.5) is 5.69 Å². The Morgan fingerprint density at radius 3 is 2.71 bits per heavy atom. The first-order chi connectivity index (χ1) is 13.6. The molecule has 0 aliphatic carbocycles. The molecule has 0 spiro atoms. The monoisotopic (exact) mass is 381 g/mol. The van der Waals surface area contributed by atoms with Crippen LogP contribution < -0.4 is 10.2 Å². The van der Waals surface area contributed by atoms with Gasteiger partial charge >= 0.3 is 0 Å². The molecule has 0 radical (unpaired) electrons. The lowest BCUT2D eigenvalue weighted by Gasteiger charge is -2.44. The molecular weight excluding hydrogens is 354 g/mol. The smallest absolute Gasteiger partial charge is 0.272 e. The predicted octanol–water partition coefficient (Wildman–Crippen LogP) is 2.01. The fourth-order valence-corrected chi connectivity index (χ4v) is 5.03. The number of nitrogens with zero attached hydrogens (tertiary/aromatic N) is 4. The van der Waals surface area contributed by atoms with Crippen LogP contribution in [-0.4, -0.2) is 58.7 Å². The second-order valence-electron chi connectivity index (χ2n) is 8.23. The van der Waals surface area contributed by atoms with Gasteiger partial charge in [-0.05, 0) is 63.4 Å². The molecule has 1 aromatic carbocycles. The number of aromatic nitrogens is 2. The molecule has 4 aliphatic heterocycles. The first-order valence-corrected chi connectivity index (χ1v) is 10.5. The minimum Gasteiger partial charge on any atom is -0.346 e. The number of piperidine rings is 3. The second kappa shape index (κ2) is 6.88. The van der Waals surface area contributed by atoms with Crippen molar-refractivity contribution in [2.24, 2.45) is 5.92 Å². The summed E-state index contributed by atoms with van der Waals surface area (Å²) in [4.78, 5) is 29.4. The summed E-state index contributed by atoms with van der Waals surface area (Å²) in [5.74, 6) is 0.671. The van der Waals surface area contributed by atoms with E-state index in [9.17, 15) is 9.59 Å². The van der Waals surface area contributed by atoms with Gasteiger partial charge in [0.15, 0.2) is 5.69 Å². The highest BCUT2D eigenvalue weighted by atomic mass is 16.2. The summed E-state index contributed by atoms with van der Waals surface area (Å²) in [6.45, 7) is 6.72. The number of amides is 2. The first kappa shape index (κ1) is 17.7. The maximum atomic E-state index is 13.1. The molecule has 148 valence electrons. The number of fused-ring (bicyclic) bond motifs is 4. The van der Waals surface area contributed by atoms with Gasteiger partial charge in [0.2, 0.25) is 5.91 Å². The van der Waals surface area contributed by atoms with Gasteiger partial charge in [0, 0.05) is 43.2 Å². The number of aryl methyl sites for hydroxylation is 1. The zero-order valence-electron chi connectivity index (χ0n) is 16.4. The molecule has 1 atom stereocenters. The summed E-state index contributed by atoms with van der Waals surface area (Å²) in [5, 5.41) is 8.72. The van der Waals surface area contributed by atoms with Crippen LogP contribution in [0.3, 0.4) is 0 Å². The Morgan fingerprint density at radius 1 is 1.25 bits per heavy atom. The lowest BCUT2D eigenvalue weighted by atomic mass is 9.84. The van der Waals surface area contributed by atoms with Crippen LogP contribution in [-0.2, 0) is 11.3 Å². The number of hydrogen-bond acceptors (Lipinski definition) is 4. The average molecular weight is 381 g/mol. The molecule has 7 nitrogen and oxygen atoms in total. The highest BCUT2D eigenvalue weighted by Crippen LogP contribution is 2.30. The van der Waals surface area contributed by atoms with Gasteiger partial charge in [-0.15, -0.1) is 0 Å². The largest absolute Gasteiger partial charge is 0.346 e. The Labute approximate surface area is 164 Å². The van der Waals surface area contributed by atoms with E-state index in [4.69, 9.17) is 0 Å². The van der Waals surface area contributed by atoms with E-state index < -0.39 is 0 Å². The van der Waals surface area contributed by atoms with Crippen molar-refractivity contribution in [3.05, 3.63) is 23.9 Å². The molecule has 2 aromatic rings. The minimum atomic E-state index is -0.0825. The van der Waals surface area contributed by atoms with Gasteiger partial charge in [0.25, 0.3) is 5.91 Å². The van der Waals surface area contributed by atoms with E-state index >= 15 is 0 Å². The van der Waals surface area contributed by atoms with Gasteiger partial charge < -0.3 is 15.1 Å². The molecule has 6 rings (SSSR count).